The van der Waals surface area contributed by atoms with Gasteiger partial charge in [0.25, 0.3) is 0 Å². The number of hydrogen-bond acceptors (Lipinski definition) is 6. The maximum atomic E-state index is 8.91. The second kappa shape index (κ2) is 5.93. The number of pyridine rings is 1. The molecule has 0 saturated carbocycles. The summed E-state index contributed by atoms with van der Waals surface area (Å²) in [5, 5.41) is 13.5. The molecule has 6 nitrogen and oxygen atoms in total. The van der Waals surface area contributed by atoms with E-state index in [9.17, 15) is 0 Å². The monoisotopic (exact) mass is 317 g/mol. The molecule has 0 amide bonds. The van der Waals surface area contributed by atoms with Crippen molar-refractivity contribution in [2.24, 2.45) is 0 Å². The predicted molar refractivity (Wildman–Crippen MR) is 81.7 cm³/mol. The predicted octanol–water partition coefficient (Wildman–Crippen LogP) is 3.45. The van der Waals surface area contributed by atoms with Crippen molar-refractivity contribution in [3.8, 4) is 6.07 Å². The van der Waals surface area contributed by atoms with Crippen LogP contribution in [0.5, 0.6) is 0 Å². The number of hydrogen-bond donors (Lipinski definition) is 0. The maximum absolute atomic E-state index is 8.91. The molecule has 3 heterocycles. The SMILES string of the molecule is CC(C)c1nc([C@@H]2CCCN2c2ncc(C#N)cc2Cl)no1. The Morgan fingerprint density at radius 2 is 2.32 bits per heavy atom. The Labute approximate surface area is 133 Å². The van der Waals surface area contributed by atoms with Crippen molar-refractivity contribution >= 4 is 17.4 Å². The molecular weight excluding hydrogens is 302 g/mol. The fraction of sp³-hybridized carbons (Fsp3) is 0.467. The number of anilines is 1. The lowest BCUT2D eigenvalue weighted by Gasteiger charge is -2.24. The Morgan fingerprint density at radius 3 is 2.95 bits per heavy atom. The number of halogens is 1. The first-order valence-electron chi connectivity index (χ1n) is 7.26. The highest BCUT2D eigenvalue weighted by molar-refractivity contribution is 6.33. The smallest absolute Gasteiger partial charge is 0.229 e. The lowest BCUT2D eigenvalue weighted by molar-refractivity contribution is 0.358. The quantitative estimate of drug-likeness (QED) is 0.862. The van der Waals surface area contributed by atoms with Crippen molar-refractivity contribution in [2.45, 2.75) is 38.6 Å². The zero-order chi connectivity index (χ0) is 15.7. The van der Waals surface area contributed by atoms with Crippen LogP contribution < -0.4 is 4.90 Å². The van der Waals surface area contributed by atoms with E-state index in [1.165, 1.54) is 6.20 Å². The Kier molecular flexibility index (Phi) is 3.99. The molecule has 0 spiro atoms. The Hall–Kier alpha value is -2.13. The van der Waals surface area contributed by atoms with Crippen LogP contribution >= 0.6 is 11.6 Å². The third kappa shape index (κ3) is 2.64. The van der Waals surface area contributed by atoms with E-state index >= 15 is 0 Å². The molecule has 0 N–H and O–H groups in total. The summed E-state index contributed by atoms with van der Waals surface area (Å²) in [6, 6.07) is 3.68. The summed E-state index contributed by atoms with van der Waals surface area (Å²) in [6.45, 7) is 4.86. The van der Waals surface area contributed by atoms with E-state index in [1.807, 2.05) is 19.9 Å². The molecule has 22 heavy (non-hydrogen) atoms. The molecule has 7 heteroatoms. The van der Waals surface area contributed by atoms with Gasteiger partial charge in [0, 0.05) is 18.7 Å². The van der Waals surface area contributed by atoms with E-state index in [0.29, 0.717) is 28.1 Å². The zero-order valence-electron chi connectivity index (χ0n) is 12.5. The average molecular weight is 318 g/mol. The van der Waals surface area contributed by atoms with Crippen LogP contribution in [0.15, 0.2) is 16.8 Å². The van der Waals surface area contributed by atoms with Gasteiger partial charge in [0.1, 0.15) is 11.9 Å². The first-order valence-corrected chi connectivity index (χ1v) is 7.63. The van der Waals surface area contributed by atoms with Gasteiger partial charge in [0.2, 0.25) is 5.89 Å². The van der Waals surface area contributed by atoms with Crippen LogP contribution in [0.3, 0.4) is 0 Å². The zero-order valence-corrected chi connectivity index (χ0v) is 13.2. The van der Waals surface area contributed by atoms with E-state index in [0.717, 1.165) is 19.4 Å². The van der Waals surface area contributed by atoms with Crippen molar-refractivity contribution < 1.29 is 4.52 Å². The molecule has 3 rings (SSSR count). The maximum Gasteiger partial charge on any atom is 0.229 e. The number of nitrogens with zero attached hydrogens (tertiary/aromatic N) is 5. The van der Waals surface area contributed by atoms with Crippen molar-refractivity contribution in [1.82, 2.24) is 15.1 Å². The molecule has 114 valence electrons. The summed E-state index contributed by atoms with van der Waals surface area (Å²) in [6.07, 6.45) is 3.47. The van der Waals surface area contributed by atoms with Crippen molar-refractivity contribution in [1.29, 1.82) is 5.26 Å². The largest absolute Gasteiger partial charge is 0.345 e. The molecule has 1 fully saturated rings. The number of aromatic nitrogens is 3. The van der Waals surface area contributed by atoms with Crippen molar-refractivity contribution in [3.05, 3.63) is 34.6 Å². The van der Waals surface area contributed by atoms with Crippen LogP contribution in [0.4, 0.5) is 5.82 Å². The highest BCUT2D eigenvalue weighted by Gasteiger charge is 2.32. The second-order valence-electron chi connectivity index (χ2n) is 5.64. The van der Waals surface area contributed by atoms with Gasteiger partial charge in [-0.25, -0.2) is 4.98 Å². The van der Waals surface area contributed by atoms with Gasteiger partial charge in [-0.3, -0.25) is 0 Å². The molecule has 1 saturated heterocycles. The van der Waals surface area contributed by atoms with Gasteiger partial charge in [0.05, 0.1) is 16.6 Å². The molecule has 0 bridgehead atoms. The van der Waals surface area contributed by atoms with Crippen LogP contribution in [0, 0.1) is 11.3 Å². The van der Waals surface area contributed by atoms with Crippen LogP contribution in [0.1, 0.15) is 55.9 Å². The average Bonchev–Trinajstić information content (AvgIpc) is 3.15. The minimum absolute atomic E-state index is 0.00851. The number of rotatable bonds is 3. The first kappa shape index (κ1) is 14.8. The van der Waals surface area contributed by atoms with Gasteiger partial charge >= 0.3 is 0 Å². The number of nitriles is 1. The third-order valence-electron chi connectivity index (χ3n) is 3.73. The molecule has 0 aliphatic carbocycles. The van der Waals surface area contributed by atoms with E-state index in [1.54, 1.807) is 6.07 Å². The molecule has 0 radical (unpaired) electrons. The minimum atomic E-state index is 0.00851. The topological polar surface area (TPSA) is 78.8 Å². The first-order chi connectivity index (χ1) is 10.6. The summed E-state index contributed by atoms with van der Waals surface area (Å²) >= 11 is 6.28. The standard InChI is InChI=1S/C15H16ClN5O/c1-9(2)15-19-13(20-22-15)12-4-3-5-21(12)14-11(16)6-10(7-17)8-18-14/h6,8-9,12H,3-5H2,1-2H3/t12-/m0/s1. The molecule has 1 aliphatic heterocycles. The van der Waals surface area contributed by atoms with Crippen LogP contribution in [-0.2, 0) is 0 Å². The van der Waals surface area contributed by atoms with Gasteiger partial charge in [-0.2, -0.15) is 10.2 Å². The molecule has 1 aliphatic rings. The summed E-state index contributed by atoms with van der Waals surface area (Å²) in [4.78, 5) is 10.9. The van der Waals surface area contributed by atoms with E-state index in [-0.39, 0.29) is 12.0 Å². The van der Waals surface area contributed by atoms with Crippen LogP contribution in [0.25, 0.3) is 0 Å². The summed E-state index contributed by atoms with van der Waals surface area (Å²) in [5.74, 6) is 2.18. The van der Waals surface area contributed by atoms with E-state index in [4.69, 9.17) is 21.4 Å². The van der Waals surface area contributed by atoms with Gasteiger partial charge in [0.15, 0.2) is 5.82 Å². The second-order valence-corrected chi connectivity index (χ2v) is 6.05. The highest BCUT2D eigenvalue weighted by atomic mass is 35.5. The molecular formula is C15H16ClN5O. The fourth-order valence-corrected chi connectivity index (χ4v) is 2.88. The van der Waals surface area contributed by atoms with Gasteiger partial charge in [-0.1, -0.05) is 30.6 Å². The lowest BCUT2D eigenvalue weighted by atomic mass is 10.2. The van der Waals surface area contributed by atoms with Gasteiger partial charge < -0.3 is 9.42 Å². The molecule has 2 aromatic rings. The minimum Gasteiger partial charge on any atom is -0.345 e. The van der Waals surface area contributed by atoms with E-state index in [2.05, 4.69) is 20.0 Å². The fourth-order valence-electron chi connectivity index (χ4n) is 2.61. The third-order valence-corrected chi connectivity index (χ3v) is 4.00. The molecule has 0 aromatic carbocycles. The van der Waals surface area contributed by atoms with Gasteiger partial charge in [-0.05, 0) is 18.9 Å². The van der Waals surface area contributed by atoms with Crippen molar-refractivity contribution in [2.75, 3.05) is 11.4 Å². The normalized spacial score (nSPS) is 18.0. The molecule has 2 aromatic heterocycles. The van der Waals surface area contributed by atoms with E-state index < -0.39 is 0 Å². The summed E-state index contributed by atoms with van der Waals surface area (Å²) < 4.78 is 5.31. The Morgan fingerprint density at radius 1 is 1.50 bits per heavy atom. The van der Waals surface area contributed by atoms with Gasteiger partial charge in [-0.15, -0.1) is 0 Å². The molecule has 0 unspecified atom stereocenters. The van der Waals surface area contributed by atoms with Crippen LogP contribution in [0.2, 0.25) is 5.02 Å². The lowest BCUT2D eigenvalue weighted by Crippen LogP contribution is -2.24. The Bertz CT molecular complexity index is 721. The summed E-state index contributed by atoms with van der Waals surface area (Å²) in [5.41, 5.74) is 0.450. The van der Waals surface area contributed by atoms with Crippen molar-refractivity contribution in [3.63, 3.8) is 0 Å². The highest BCUT2D eigenvalue weighted by Crippen LogP contribution is 2.37. The summed E-state index contributed by atoms with van der Waals surface area (Å²) in [7, 11) is 0. The van der Waals surface area contributed by atoms with Crippen LogP contribution in [-0.4, -0.2) is 21.7 Å². The molecule has 1 atom stereocenters. The Balaban J connectivity index is 1.91.